The minimum absolute atomic E-state index is 0.0296. The molecule has 0 bridgehead atoms. The molecule has 2 N–H and O–H groups in total. The number of hydrogen-bond donors (Lipinski definition) is 2. The Kier molecular flexibility index (Phi) is 4.52. The number of benzene rings is 1. The average molecular weight is 334 g/mol. The van der Waals surface area contributed by atoms with Crippen molar-refractivity contribution in [3.05, 3.63) is 47.5 Å². The predicted octanol–water partition coefficient (Wildman–Crippen LogP) is 2.35. The molecular formula is C16H20ClN5O. The van der Waals surface area contributed by atoms with E-state index in [4.69, 9.17) is 11.6 Å². The molecule has 6 nitrogen and oxygen atoms in total. The first-order chi connectivity index (χ1) is 11.1. The summed E-state index contributed by atoms with van der Waals surface area (Å²) in [6, 6.07) is 7.70. The number of halogens is 1. The normalized spacial score (nSPS) is 16.6. The highest BCUT2D eigenvalue weighted by atomic mass is 35.5. The van der Waals surface area contributed by atoms with Gasteiger partial charge in [0.2, 0.25) is 0 Å². The van der Waals surface area contributed by atoms with Crippen LogP contribution in [0.1, 0.15) is 25.3 Å². The molecular weight excluding hydrogens is 314 g/mol. The van der Waals surface area contributed by atoms with Gasteiger partial charge in [-0.25, -0.2) is 9.78 Å². The minimum atomic E-state index is -0.161. The fourth-order valence-corrected chi connectivity index (χ4v) is 2.90. The van der Waals surface area contributed by atoms with E-state index in [0.29, 0.717) is 13.1 Å². The van der Waals surface area contributed by atoms with Crippen LogP contribution >= 0.6 is 11.6 Å². The minimum Gasteiger partial charge on any atom is -0.337 e. The van der Waals surface area contributed by atoms with Crippen LogP contribution in [0, 0.1) is 0 Å². The molecule has 2 amide bonds. The Morgan fingerprint density at radius 3 is 2.96 bits per heavy atom. The summed E-state index contributed by atoms with van der Waals surface area (Å²) in [5.41, 5.74) is 1.23. The highest BCUT2D eigenvalue weighted by Gasteiger charge is 2.44. The van der Waals surface area contributed by atoms with Crippen molar-refractivity contribution in [2.75, 3.05) is 6.54 Å². The molecule has 1 aliphatic carbocycles. The highest BCUT2D eigenvalue weighted by Crippen LogP contribution is 2.48. The summed E-state index contributed by atoms with van der Waals surface area (Å²) in [4.78, 5) is 15.9. The van der Waals surface area contributed by atoms with Crippen molar-refractivity contribution in [1.82, 2.24) is 25.4 Å². The summed E-state index contributed by atoms with van der Waals surface area (Å²) in [5.74, 6) is 0. The number of urea groups is 1. The zero-order valence-electron chi connectivity index (χ0n) is 13.0. The van der Waals surface area contributed by atoms with Gasteiger partial charge in [0, 0.05) is 23.0 Å². The van der Waals surface area contributed by atoms with E-state index in [0.717, 1.165) is 17.9 Å². The lowest BCUT2D eigenvalue weighted by Gasteiger charge is -2.19. The van der Waals surface area contributed by atoms with Crippen LogP contribution in [-0.2, 0) is 12.0 Å². The van der Waals surface area contributed by atoms with Crippen molar-refractivity contribution < 1.29 is 4.79 Å². The van der Waals surface area contributed by atoms with Crippen LogP contribution in [0.5, 0.6) is 0 Å². The van der Waals surface area contributed by atoms with Gasteiger partial charge in [-0.3, -0.25) is 4.68 Å². The number of aromatic nitrogens is 3. The van der Waals surface area contributed by atoms with E-state index >= 15 is 0 Å². The molecule has 1 aromatic carbocycles. The first kappa shape index (κ1) is 15.8. The van der Waals surface area contributed by atoms with Crippen LogP contribution in [0.3, 0.4) is 0 Å². The Balaban J connectivity index is 1.49. The van der Waals surface area contributed by atoms with Crippen LogP contribution in [-0.4, -0.2) is 33.4 Å². The molecule has 122 valence electrons. The Bertz CT molecular complexity index is 669. The molecule has 0 unspecified atom stereocenters. The van der Waals surface area contributed by atoms with Gasteiger partial charge in [-0.1, -0.05) is 23.7 Å². The molecule has 0 spiro atoms. The molecule has 1 aliphatic rings. The summed E-state index contributed by atoms with van der Waals surface area (Å²) in [6.45, 7) is 3.15. The monoisotopic (exact) mass is 333 g/mol. The molecule has 7 heteroatoms. The van der Waals surface area contributed by atoms with E-state index in [1.807, 2.05) is 25.1 Å². The third kappa shape index (κ3) is 4.01. The van der Waals surface area contributed by atoms with Crippen molar-refractivity contribution >= 4 is 17.6 Å². The van der Waals surface area contributed by atoms with Crippen LogP contribution in [0.25, 0.3) is 0 Å². The van der Waals surface area contributed by atoms with E-state index in [9.17, 15) is 4.79 Å². The second kappa shape index (κ2) is 6.58. The zero-order chi connectivity index (χ0) is 16.3. The maximum absolute atomic E-state index is 12.1. The number of carbonyl (C=O) groups is 1. The van der Waals surface area contributed by atoms with Crippen molar-refractivity contribution in [3.63, 3.8) is 0 Å². The fraction of sp³-hybridized carbons (Fsp3) is 0.438. The average Bonchev–Trinajstić information content (AvgIpc) is 3.15. The van der Waals surface area contributed by atoms with Crippen LogP contribution < -0.4 is 10.6 Å². The van der Waals surface area contributed by atoms with E-state index in [-0.39, 0.29) is 17.5 Å². The van der Waals surface area contributed by atoms with Gasteiger partial charge in [0.25, 0.3) is 0 Å². The predicted molar refractivity (Wildman–Crippen MR) is 88.4 cm³/mol. The first-order valence-electron chi connectivity index (χ1n) is 7.70. The van der Waals surface area contributed by atoms with Gasteiger partial charge in [0.1, 0.15) is 12.7 Å². The highest BCUT2D eigenvalue weighted by molar-refractivity contribution is 6.30. The molecule has 0 saturated heterocycles. The standard InChI is InChI=1S/C16H20ClN5O/c1-12(8-22-11-18-10-20-22)21-15(23)19-9-16(5-6-16)13-3-2-4-14(17)7-13/h2-4,7,10-12H,5-6,8-9H2,1H3,(H2,19,21,23)/t12-/m1/s1. The number of rotatable bonds is 6. The largest absolute Gasteiger partial charge is 0.337 e. The van der Waals surface area contributed by atoms with Gasteiger partial charge in [0.15, 0.2) is 0 Å². The number of nitrogens with one attached hydrogen (secondary N) is 2. The van der Waals surface area contributed by atoms with Gasteiger partial charge in [-0.05, 0) is 37.5 Å². The Labute approximate surface area is 140 Å². The van der Waals surface area contributed by atoms with Crippen molar-refractivity contribution in [2.24, 2.45) is 0 Å². The van der Waals surface area contributed by atoms with Gasteiger partial charge in [-0.2, -0.15) is 5.10 Å². The molecule has 0 radical (unpaired) electrons. The van der Waals surface area contributed by atoms with Crippen molar-refractivity contribution in [1.29, 1.82) is 0 Å². The number of amides is 2. The van der Waals surface area contributed by atoms with Gasteiger partial charge < -0.3 is 10.6 Å². The number of hydrogen-bond acceptors (Lipinski definition) is 3. The molecule has 2 aromatic rings. The first-order valence-corrected chi connectivity index (χ1v) is 8.08. The van der Waals surface area contributed by atoms with Gasteiger partial charge in [0.05, 0.1) is 6.54 Å². The van der Waals surface area contributed by atoms with Crippen LogP contribution in [0.15, 0.2) is 36.9 Å². The second-order valence-electron chi connectivity index (χ2n) is 6.14. The summed E-state index contributed by atoms with van der Waals surface area (Å²) >= 11 is 6.06. The molecule has 23 heavy (non-hydrogen) atoms. The Hall–Kier alpha value is -2.08. The second-order valence-corrected chi connectivity index (χ2v) is 6.57. The van der Waals surface area contributed by atoms with E-state index < -0.39 is 0 Å². The number of nitrogens with zero attached hydrogens (tertiary/aromatic N) is 3. The summed E-state index contributed by atoms with van der Waals surface area (Å²) in [7, 11) is 0. The van der Waals surface area contributed by atoms with Gasteiger partial charge >= 0.3 is 6.03 Å². The number of carbonyl (C=O) groups excluding carboxylic acids is 1. The maximum atomic E-state index is 12.1. The molecule has 1 fully saturated rings. The Morgan fingerprint density at radius 2 is 2.30 bits per heavy atom. The SMILES string of the molecule is C[C@H](Cn1cncn1)NC(=O)NCC1(c2cccc(Cl)c2)CC1. The van der Waals surface area contributed by atoms with E-state index in [1.54, 1.807) is 11.0 Å². The lowest BCUT2D eigenvalue weighted by molar-refractivity contribution is 0.235. The Morgan fingerprint density at radius 1 is 1.48 bits per heavy atom. The summed E-state index contributed by atoms with van der Waals surface area (Å²) in [5, 5.41) is 10.7. The lowest BCUT2D eigenvalue weighted by atomic mass is 9.96. The van der Waals surface area contributed by atoms with E-state index in [2.05, 4.69) is 26.8 Å². The molecule has 0 aliphatic heterocycles. The third-order valence-electron chi connectivity index (χ3n) is 4.18. The fourth-order valence-electron chi connectivity index (χ4n) is 2.71. The van der Waals surface area contributed by atoms with Crippen molar-refractivity contribution in [2.45, 2.75) is 37.8 Å². The van der Waals surface area contributed by atoms with Crippen LogP contribution in [0.4, 0.5) is 4.79 Å². The van der Waals surface area contributed by atoms with Crippen molar-refractivity contribution in [3.8, 4) is 0 Å². The molecule has 1 aromatic heterocycles. The zero-order valence-corrected chi connectivity index (χ0v) is 13.8. The maximum Gasteiger partial charge on any atom is 0.315 e. The lowest BCUT2D eigenvalue weighted by Crippen LogP contribution is -2.45. The van der Waals surface area contributed by atoms with Gasteiger partial charge in [-0.15, -0.1) is 0 Å². The molecule has 1 heterocycles. The van der Waals surface area contributed by atoms with E-state index in [1.165, 1.54) is 11.9 Å². The topological polar surface area (TPSA) is 71.8 Å². The molecule has 3 rings (SSSR count). The summed E-state index contributed by atoms with van der Waals surface area (Å²) in [6.07, 6.45) is 5.26. The van der Waals surface area contributed by atoms with Crippen LogP contribution in [0.2, 0.25) is 5.02 Å². The smallest absolute Gasteiger partial charge is 0.315 e. The quantitative estimate of drug-likeness (QED) is 0.852. The summed E-state index contributed by atoms with van der Waals surface area (Å²) < 4.78 is 1.69. The third-order valence-corrected chi connectivity index (χ3v) is 4.42. The molecule has 1 atom stereocenters. The molecule has 1 saturated carbocycles.